The number of hydrogen-bond acceptors (Lipinski definition) is 6. The molecule has 34 heavy (non-hydrogen) atoms. The van der Waals surface area contributed by atoms with Gasteiger partial charge in [0.25, 0.3) is 11.1 Å². The van der Waals surface area contributed by atoms with Crippen molar-refractivity contribution in [1.29, 1.82) is 0 Å². The zero-order chi connectivity index (χ0) is 23.9. The quantitative estimate of drug-likeness (QED) is 0.289. The lowest BCUT2D eigenvalue weighted by atomic mass is 10.1. The van der Waals surface area contributed by atoms with E-state index >= 15 is 0 Å². The molecule has 0 fully saturated rings. The van der Waals surface area contributed by atoms with Crippen LogP contribution in [0.4, 0.5) is 4.79 Å². The Morgan fingerprint density at radius 2 is 1.41 bits per heavy atom. The number of nitrogens with zero attached hydrogens (tertiary/aromatic N) is 2. The zero-order valence-electron chi connectivity index (χ0n) is 19.0. The molecule has 0 atom stereocenters. The highest BCUT2D eigenvalue weighted by molar-refractivity contribution is 6.31. The number of para-hydroxylation sites is 3. The molecule has 6 aromatic rings. The molecule has 0 aliphatic rings. The third-order valence-corrected chi connectivity index (χ3v) is 5.91. The Kier molecular flexibility index (Phi) is 3.94. The lowest BCUT2D eigenvalue weighted by Crippen LogP contribution is -2.27. The Morgan fingerprint density at radius 1 is 0.824 bits per heavy atom. The van der Waals surface area contributed by atoms with E-state index in [1.807, 2.05) is 6.07 Å². The van der Waals surface area contributed by atoms with Gasteiger partial charge in [0.05, 0.1) is 10.9 Å². The van der Waals surface area contributed by atoms with Gasteiger partial charge in [0.1, 0.15) is 16.5 Å². The molecule has 0 radical (unpaired) electrons. The molecule has 0 saturated heterocycles. The molecule has 8 heteroatoms. The third kappa shape index (κ3) is 2.62. The van der Waals surface area contributed by atoms with E-state index in [0.29, 0.717) is 33.0 Å². The van der Waals surface area contributed by atoms with E-state index in [1.54, 1.807) is 63.2 Å². The van der Waals surface area contributed by atoms with Crippen molar-refractivity contribution in [2.45, 2.75) is 26.4 Å². The molecular weight excluding hydrogens is 436 g/mol. The van der Waals surface area contributed by atoms with Gasteiger partial charge >= 0.3 is 6.09 Å². The molecule has 3 heterocycles. The van der Waals surface area contributed by atoms with Gasteiger partial charge in [-0.25, -0.2) is 9.36 Å². The molecule has 0 bridgehead atoms. The summed E-state index contributed by atoms with van der Waals surface area (Å²) >= 11 is 0. The Hall–Kier alpha value is -4.33. The first-order chi connectivity index (χ1) is 16.2. The minimum absolute atomic E-state index is 0.108. The fourth-order valence-electron chi connectivity index (χ4n) is 4.54. The second-order valence-corrected chi connectivity index (χ2v) is 9.28. The number of aromatic nitrogens is 2. The van der Waals surface area contributed by atoms with E-state index < -0.39 is 22.8 Å². The number of hydrogen-bond donors (Lipinski definition) is 0. The molecule has 170 valence electrons. The average molecular weight is 456 g/mol. The minimum Gasteiger partial charge on any atom is -0.449 e. The predicted molar refractivity (Wildman–Crippen MR) is 130 cm³/mol. The second-order valence-electron chi connectivity index (χ2n) is 9.28. The lowest BCUT2D eigenvalue weighted by molar-refractivity contribution is 0.0551. The molecule has 0 unspecified atom stereocenters. The molecule has 3 aromatic heterocycles. The maximum atomic E-state index is 13.5. The van der Waals surface area contributed by atoms with Crippen molar-refractivity contribution in [3.63, 3.8) is 0 Å². The topological polar surface area (TPSA) is 96.6 Å². The van der Waals surface area contributed by atoms with Crippen molar-refractivity contribution < 1.29 is 18.4 Å². The molecule has 0 spiro atoms. The Balaban J connectivity index is 1.98. The first-order valence-corrected chi connectivity index (χ1v) is 10.8. The number of carbonyl (C=O) groups excluding carboxylic acids is 1. The Morgan fingerprint density at radius 3 is 2.09 bits per heavy atom. The van der Waals surface area contributed by atoms with Gasteiger partial charge in [0.15, 0.2) is 22.3 Å². The summed E-state index contributed by atoms with van der Waals surface area (Å²) in [6.07, 6.45) is -0.631. The second kappa shape index (κ2) is 6.60. The van der Waals surface area contributed by atoms with Crippen LogP contribution in [0.5, 0.6) is 0 Å². The third-order valence-electron chi connectivity index (χ3n) is 5.91. The van der Waals surface area contributed by atoms with Gasteiger partial charge in [-0.3, -0.25) is 14.2 Å². The predicted octanol–water partition coefficient (Wildman–Crippen LogP) is 5.28. The average Bonchev–Trinajstić information content (AvgIpc) is 3.25. The molecule has 0 amide bonds. The summed E-state index contributed by atoms with van der Waals surface area (Å²) in [5, 5.41) is 1.38. The van der Waals surface area contributed by atoms with Crippen LogP contribution < -0.4 is 11.1 Å². The van der Waals surface area contributed by atoms with Crippen LogP contribution in [0.3, 0.4) is 0 Å². The number of ether oxygens (including phenoxy) is 1. The van der Waals surface area contributed by atoms with Crippen LogP contribution in [0, 0.1) is 0 Å². The number of fused-ring (bicyclic) bond motifs is 9. The van der Waals surface area contributed by atoms with E-state index in [1.165, 1.54) is 11.6 Å². The van der Waals surface area contributed by atoms with Crippen molar-refractivity contribution >= 4 is 61.0 Å². The highest BCUT2D eigenvalue weighted by atomic mass is 16.6. The van der Waals surface area contributed by atoms with E-state index in [0.717, 1.165) is 4.57 Å². The Bertz CT molecular complexity index is 1940. The number of carbonyl (C=O) groups is 1. The van der Waals surface area contributed by atoms with Crippen LogP contribution in [0.2, 0.25) is 0 Å². The first-order valence-electron chi connectivity index (χ1n) is 10.8. The largest absolute Gasteiger partial charge is 0.449 e. The van der Waals surface area contributed by atoms with E-state index in [4.69, 9.17) is 13.6 Å². The lowest BCUT2D eigenvalue weighted by Gasteiger charge is -2.20. The van der Waals surface area contributed by atoms with E-state index in [9.17, 15) is 14.4 Å². The molecule has 3 aromatic carbocycles. The first kappa shape index (κ1) is 20.3. The van der Waals surface area contributed by atoms with Crippen molar-refractivity contribution in [1.82, 2.24) is 9.13 Å². The summed E-state index contributed by atoms with van der Waals surface area (Å²) in [7, 11) is 1.42. The van der Waals surface area contributed by atoms with Gasteiger partial charge in [-0.1, -0.05) is 30.3 Å². The van der Waals surface area contributed by atoms with Gasteiger partial charge in [0.2, 0.25) is 0 Å². The van der Waals surface area contributed by atoms with Crippen LogP contribution in [-0.2, 0) is 11.8 Å². The summed E-state index contributed by atoms with van der Waals surface area (Å²) in [6.45, 7) is 5.33. The van der Waals surface area contributed by atoms with Crippen molar-refractivity contribution in [2.75, 3.05) is 0 Å². The molecule has 6 rings (SSSR count). The monoisotopic (exact) mass is 456 g/mol. The Labute approximate surface area is 191 Å². The molecular formula is C26H20N2O6. The fourth-order valence-corrected chi connectivity index (χ4v) is 4.54. The summed E-state index contributed by atoms with van der Waals surface area (Å²) in [5.41, 5.74) is 0.255. The molecule has 0 aliphatic heterocycles. The van der Waals surface area contributed by atoms with Crippen LogP contribution >= 0.6 is 0 Å². The fraction of sp³-hybridized carbons (Fsp3) is 0.192. The van der Waals surface area contributed by atoms with Gasteiger partial charge < -0.3 is 13.6 Å². The van der Waals surface area contributed by atoms with Gasteiger partial charge in [-0.2, -0.15) is 0 Å². The van der Waals surface area contributed by atoms with Crippen molar-refractivity contribution in [2.24, 2.45) is 7.05 Å². The SMILES string of the molecule is Cn1c(=O)c2c3oc4ccccc4oc3c3c(c4ccccc4n3C(=O)OC(C)(C)C)c2c1=O. The molecule has 0 N–H and O–H groups in total. The van der Waals surface area contributed by atoms with Gasteiger partial charge in [0, 0.05) is 17.8 Å². The highest BCUT2D eigenvalue weighted by Crippen LogP contribution is 2.40. The maximum absolute atomic E-state index is 13.5. The molecule has 8 nitrogen and oxygen atoms in total. The number of rotatable bonds is 0. The minimum atomic E-state index is -0.762. The molecule has 0 saturated carbocycles. The molecule has 0 aliphatic carbocycles. The van der Waals surface area contributed by atoms with Crippen molar-refractivity contribution in [3.8, 4) is 0 Å². The van der Waals surface area contributed by atoms with Gasteiger partial charge in [-0.15, -0.1) is 0 Å². The van der Waals surface area contributed by atoms with E-state index in [-0.39, 0.29) is 21.9 Å². The van der Waals surface area contributed by atoms with Crippen LogP contribution in [-0.4, -0.2) is 20.8 Å². The highest BCUT2D eigenvalue weighted by Gasteiger charge is 2.30. The van der Waals surface area contributed by atoms with Crippen LogP contribution in [0.15, 0.2) is 67.0 Å². The normalized spacial score (nSPS) is 12.5. The summed E-state index contributed by atoms with van der Waals surface area (Å²) in [5.74, 6) is 0. The summed E-state index contributed by atoms with van der Waals surface area (Å²) in [6, 6.07) is 14.2. The maximum Gasteiger partial charge on any atom is 0.419 e. The zero-order valence-corrected chi connectivity index (χ0v) is 19.0. The van der Waals surface area contributed by atoms with E-state index in [2.05, 4.69) is 0 Å². The smallest absolute Gasteiger partial charge is 0.419 e. The standard InChI is InChI=1S/C26H20N2O6/c1-26(2,3)34-25(31)28-14-10-6-5-9-13(14)17-18-19(24(30)27(4)23(18)29)21-22(20(17)28)33-16-12-8-7-11-15(16)32-21/h5-12H,1-4H3. The van der Waals surface area contributed by atoms with Crippen molar-refractivity contribution in [3.05, 3.63) is 69.2 Å². The van der Waals surface area contributed by atoms with Gasteiger partial charge in [-0.05, 0) is 39.0 Å². The summed E-state index contributed by atoms with van der Waals surface area (Å²) in [4.78, 5) is 39.9. The summed E-state index contributed by atoms with van der Waals surface area (Å²) < 4.78 is 20.5. The van der Waals surface area contributed by atoms with Crippen LogP contribution in [0.25, 0.3) is 54.9 Å². The number of benzene rings is 3. The van der Waals surface area contributed by atoms with Crippen LogP contribution in [0.1, 0.15) is 20.8 Å².